The highest BCUT2D eigenvalue weighted by Gasteiger charge is 2.23. The van der Waals surface area contributed by atoms with E-state index < -0.39 is 0 Å². The van der Waals surface area contributed by atoms with E-state index in [0.717, 1.165) is 37.6 Å². The van der Waals surface area contributed by atoms with Crippen LogP contribution in [0.1, 0.15) is 54.4 Å². The maximum Gasteiger partial charge on any atom is 0.229 e. The Labute approximate surface area is 119 Å². The molecule has 1 N–H and O–H groups in total. The van der Waals surface area contributed by atoms with Crippen molar-refractivity contribution in [3.63, 3.8) is 0 Å². The van der Waals surface area contributed by atoms with Crippen LogP contribution in [0.5, 0.6) is 0 Å². The number of piperidine rings is 1. The molecule has 106 valence electrons. The van der Waals surface area contributed by atoms with E-state index in [9.17, 15) is 0 Å². The maximum absolute atomic E-state index is 5.50. The summed E-state index contributed by atoms with van der Waals surface area (Å²) in [6.45, 7) is 6.34. The first-order valence-corrected chi connectivity index (χ1v) is 7.35. The summed E-state index contributed by atoms with van der Waals surface area (Å²) in [5.74, 6) is 2.20. The normalized spacial score (nSPS) is 18.1. The van der Waals surface area contributed by atoms with Gasteiger partial charge in [-0.05, 0) is 44.0 Å². The molecule has 2 aromatic rings. The molecular weight excluding hydrogens is 250 g/mol. The summed E-state index contributed by atoms with van der Waals surface area (Å²) in [6, 6.07) is 8.38. The molecule has 3 rings (SSSR count). The second-order valence-electron chi connectivity index (χ2n) is 5.59. The number of hydrogen-bond acceptors (Lipinski definition) is 4. The third-order valence-electron chi connectivity index (χ3n) is 4.19. The summed E-state index contributed by atoms with van der Waals surface area (Å²) >= 11 is 0. The smallest absolute Gasteiger partial charge is 0.229 e. The van der Waals surface area contributed by atoms with Gasteiger partial charge in [-0.3, -0.25) is 0 Å². The molecule has 0 amide bonds. The van der Waals surface area contributed by atoms with Crippen molar-refractivity contribution >= 4 is 0 Å². The number of benzene rings is 1. The van der Waals surface area contributed by atoms with Crippen LogP contribution < -0.4 is 5.32 Å². The summed E-state index contributed by atoms with van der Waals surface area (Å²) in [5, 5.41) is 7.56. The molecule has 4 heteroatoms. The van der Waals surface area contributed by atoms with Gasteiger partial charge in [-0.1, -0.05) is 36.3 Å². The Hall–Kier alpha value is -1.68. The minimum Gasteiger partial charge on any atom is -0.339 e. The molecule has 1 aromatic carbocycles. The van der Waals surface area contributed by atoms with Crippen LogP contribution in [0.2, 0.25) is 0 Å². The van der Waals surface area contributed by atoms with Crippen molar-refractivity contribution in [1.82, 2.24) is 15.5 Å². The van der Waals surface area contributed by atoms with Gasteiger partial charge in [0.25, 0.3) is 0 Å². The first kappa shape index (κ1) is 13.3. The maximum atomic E-state index is 5.50. The lowest BCUT2D eigenvalue weighted by Gasteiger charge is -2.18. The Morgan fingerprint density at radius 2 is 2.00 bits per heavy atom. The monoisotopic (exact) mass is 271 g/mol. The van der Waals surface area contributed by atoms with E-state index >= 15 is 0 Å². The van der Waals surface area contributed by atoms with E-state index in [1.165, 1.54) is 11.1 Å². The van der Waals surface area contributed by atoms with Crippen LogP contribution in [-0.2, 0) is 0 Å². The Kier molecular flexibility index (Phi) is 3.83. The average molecular weight is 271 g/mol. The van der Waals surface area contributed by atoms with E-state index in [4.69, 9.17) is 4.52 Å². The predicted molar refractivity (Wildman–Crippen MR) is 77.8 cm³/mol. The first-order chi connectivity index (χ1) is 9.75. The highest BCUT2D eigenvalue weighted by molar-refractivity contribution is 5.32. The van der Waals surface area contributed by atoms with Crippen LogP contribution in [0.4, 0.5) is 0 Å². The minimum absolute atomic E-state index is 0.176. The molecule has 2 heterocycles. The Bertz CT molecular complexity index is 573. The molecule has 1 saturated heterocycles. The van der Waals surface area contributed by atoms with Crippen molar-refractivity contribution in [2.75, 3.05) is 13.1 Å². The highest BCUT2D eigenvalue weighted by Crippen LogP contribution is 2.28. The van der Waals surface area contributed by atoms with Gasteiger partial charge in [0.05, 0.1) is 0 Å². The zero-order valence-electron chi connectivity index (χ0n) is 12.1. The Morgan fingerprint density at radius 3 is 2.75 bits per heavy atom. The second kappa shape index (κ2) is 5.75. The molecule has 0 unspecified atom stereocenters. The topological polar surface area (TPSA) is 51.0 Å². The summed E-state index contributed by atoms with van der Waals surface area (Å²) in [7, 11) is 0. The number of hydrogen-bond donors (Lipinski definition) is 1. The van der Waals surface area contributed by atoms with Crippen LogP contribution >= 0.6 is 0 Å². The Balaban J connectivity index is 1.81. The van der Waals surface area contributed by atoms with Gasteiger partial charge in [0.15, 0.2) is 5.82 Å². The zero-order chi connectivity index (χ0) is 13.9. The van der Waals surface area contributed by atoms with E-state index in [-0.39, 0.29) is 5.92 Å². The molecule has 1 aliphatic rings. The molecule has 0 radical (unpaired) electrons. The minimum atomic E-state index is 0.176. The molecular formula is C16H21N3O. The largest absolute Gasteiger partial charge is 0.339 e. The van der Waals surface area contributed by atoms with Crippen LogP contribution in [0.3, 0.4) is 0 Å². The van der Waals surface area contributed by atoms with Gasteiger partial charge in [-0.2, -0.15) is 4.98 Å². The quantitative estimate of drug-likeness (QED) is 0.932. The van der Waals surface area contributed by atoms with Crippen molar-refractivity contribution in [3.05, 3.63) is 47.1 Å². The van der Waals surface area contributed by atoms with Crippen molar-refractivity contribution in [2.45, 2.75) is 38.5 Å². The van der Waals surface area contributed by atoms with Gasteiger partial charge < -0.3 is 9.84 Å². The van der Waals surface area contributed by atoms with Crippen molar-refractivity contribution in [2.24, 2.45) is 0 Å². The lowest BCUT2D eigenvalue weighted by molar-refractivity contribution is 0.318. The highest BCUT2D eigenvalue weighted by atomic mass is 16.5. The molecule has 1 fully saturated rings. The standard InChI is InChI=1S/C16H21N3O/c1-11-5-3-4-6-14(11)12(2)15-18-16(20-19-15)13-7-9-17-10-8-13/h3-6,12-13,17H,7-10H2,1-2H3/t12-/m1/s1. The predicted octanol–water partition coefficient (Wildman–Crippen LogP) is 3.00. The molecule has 20 heavy (non-hydrogen) atoms. The Morgan fingerprint density at radius 1 is 1.25 bits per heavy atom. The van der Waals surface area contributed by atoms with E-state index in [2.05, 4.69) is 53.6 Å². The molecule has 0 saturated carbocycles. The summed E-state index contributed by atoms with van der Waals surface area (Å²) in [5.41, 5.74) is 2.54. The molecule has 4 nitrogen and oxygen atoms in total. The number of aryl methyl sites for hydroxylation is 1. The lowest BCUT2D eigenvalue weighted by Crippen LogP contribution is -2.26. The van der Waals surface area contributed by atoms with Gasteiger partial charge in [-0.25, -0.2) is 0 Å². The first-order valence-electron chi connectivity index (χ1n) is 7.35. The van der Waals surface area contributed by atoms with E-state index in [1.807, 2.05) is 0 Å². The van der Waals surface area contributed by atoms with Gasteiger partial charge in [0.1, 0.15) is 0 Å². The zero-order valence-corrected chi connectivity index (χ0v) is 12.1. The van der Waals surface area contributed by atoms with Gasteiger partial charge in [0, 0.05) is 11.8 Å². The van der Waals surface area contributed by atoms with Crippen LogP contribution in [0, 0.1) is 6.92 Å². The molecule has 0 aliphatic carbocycles. The van der Waals surface area contributed by atoms with E-state index in [0.29, 0.717) is 5.92 Å². The van der Waals surface area contributed by atoms with Crippen molar-refractivity contribution in [1.29, 1.82) is 0 Å². The van der Waals surface area contributed by atoms with Crippen LogP contribution in [-0.4, -0.2) is 23.2 Å². The summed E-state index contributed by atoms with van der Waals surface area (Å²) in [4.78, 5) is 4.65. The van der Waals surface area contributed by atoms with Gasteiger partial charge >= 0.3 is 0 Å². The fourth-order valence-electron chi connectivity index (χ4n) is 2.87. The fourth-order valence-corrected chi connectivity index (χ4v) is 2.87. The number of nitrogens with one attached hydrogen (secondary N) is 1. The SMILES string of the molecule is Cc1ccccc1[C@@H](C)c1noc(C2CCNCC2)n1. The van der Waals surface area contributed by atoms with Gasteiger partial charge in [-0.15, -0.1) is 0 Å². The molecule has 0 bridgehead atoms. The summed E-state index contributed by atoms with van der Waals surface area (Å²) < 4.78 is 5.50. The molecule has 1 atom stereocenters. The third-order valence-corrected chi connectivity index (χ3v) is 4.19. The molecule has 1 aromatic heterocycles. The number of aromatic nitrogens is 2. The lowest BCUT2D eigenvalue weighted by atomic mass is 9.95. The third kappa shape index (κ3) is 2.61. The summed E-state index contributed by atoms with van der Waals surface area (Å²) in [6.07, 6.45) is 2.17. The van der Waals surface area contributed by atoms with E-state index in [1.54, 1.807) is 0 Å². The van der Waals surface area contributed by atoms with Gasteiger partial charge in [0.2, 0.25) is 5.89 Å². The second-order valence-corrected chi connectivity index (χ2v) is 5.59. The fraction of sp³-hybridized carbons (Fsp3) is 0.500. The molecule has 0 spiro atoms. The van der Waals surface area contributed by atoms with Crippen molar-refractivity contribution in [3.8, 4) is 0 Å². The van der Waals surface area contributed by atoms with Crippen LogP contribution in [0.15, 0.2) is 28.8 Å². The number of rotatable bonds is 3. The van der Waals surface area contributed by atoms with Crippen molar-refractivity contribution < 1.29 is 4.52 Å². The van der Waals surface area contributed by atoms with Crippen LogP contribution in [0.25, 0.3) is 0 Å². The molecule has 1 aliphatic heterocycles. The average Bonchev–Trinajstić information content (AvgIpc) is 2.98. The number of nitrogens with zero attached hydrogens (tertiary/aromatic N) is 2.